The molecule has 25 heavy (non-hydrogen) atoms. The Labute approximate surface area is 140 Å². The topological polar surface area (TPSA) is 254 Å². The number of carboxylic acid groups (broad SMARTS) is 3. The van der Waals surface area contributed by atoms with Crippen molar-refractivity contribution in [3.05, 3.63) is 0 Å². The number of aliphatic carboxylic acids is 3. The second-order valence-electron chi connectivity index (χ2n) is 4.96. The summed E-state index contributed by atoms with van der Waals surface area (Å²) in [6.07, 6.45) is -8.68. The van der Waals surface area contributed by atoms with Crippen molar-refractivity contribution in [3.63, 3.8) is 0 Å². The third kappa shape index (κ3) is 9.88. The van der Waals surface area contributed by atoms with Crippen molar-refractivity contribution in [2.24, 2.45) is 0 Å². The average molecular weight is 374 g/mol. The largest absolute Gasteiger partial charge is 0.481 e. The first-order valence-electron chi connectivity index (χ1n) is 6.65. The minimum Gasteiger partial charge on any atom is -0.481 e. The van der Waals surface area contributed by atoms with Crippen LogP contribution in [0.5, 0.6) is 0 Å². The molecule has 0 rings (SSSR count). The standard InChI is InChI=1S/C6H8O7.C6H14O6/c7-3(8)1-6(13,5(11)12)2-4(9)10;7-1-3(9)5(11)6(12)4(10)2-8/h13H,1-2H2,(H,7,8)(H,9,10)(H,11,12);3-12H,1-2H2/t;3-,4-,5-,6-/m.1/s1. The molecule has 4 atom stereocenters. The van der Waals surface area contributed by atoms with Gasteiger partial charge in [0.2, 0.25) is 0 Å². The maximum atomic E-state index is 10.3. The Bertz CT molecular complexity index is 407. The molecule has 0 amide bonds. The summed E-state index contributed by atoms with van der Waals surface area (Å²) in [6.45, 7) is -1.45. The van der Waals surface area contributed by atoms with Crippen molar-refractivity contribution in [1.29, 1.82) is 0 Å². The predicted octanol–water partition coefficient (Wildman–Crippen LogP) is -4.83. The van der Waals surface area contributed by atoms with E-state index in [0.717, 1.165) is 0 Å². The van der Waals surface area contributed by atoms with Gasteiger partial charge in [-0.2, -0.15) is 0 Å². The number of rotatable bonds is 10. The highest BCUT2D eigenvalue weighted by molar-refractivity contribution is 5.88. The van der Waals surface area contributed by atoms with Crippen molar-refractivity contribution in [2.75, 3.05) is 13.2 Å². The summed E-state index contributed by atoms with van der Waals surface area (Å²) in [7, 11) is 0. The first-order chi connectivity index (χ1) is 11.3. The molecule has 13 heteroatoms. The van der Waals surface area contributed by atoms with Gasteiger partial charge in [0.15, 0.2) is 5.60 Å². The van der Waals surface area contributed by atoms with Crippen LogP contribution >= 0.6 is 0 Å². The molecule has 0 aromatic rings. The van der Waals surface area contributed by atoms with Gasteiger partial charge in [-0.25, -0.2) is 4.79 Å². The van der Waals surface area contributed by atoms with Crippen LogP contribution in [-0.4, -0.2) is 112 Å². The lowest BCUT2D eigenvalue weighted by Crippen LogP contribution is -2.46. The summed E-state index contributed by atoms with van der Waals surface area (Å²) < 4.78 is 0. The molecule has 148 valence electrons. The lowest BCUT2D eigenvalue weighted by molar-refractivity contribution is -0.170. The molecule has 0 fully saturated rings. The quantitative estimate of drug-likeness (QED) is 0.172. The van der Waals surface area contributed by atoms with Crippen molar-refractivity contribution in [1.82, 2.24) is 0 Å². The normalized spacial score (nSPS) is 16.0. The second-order valence-corrected chi connectivity index (χ2v) is 4.96. The molecule has 13 nitrogen and oxygen atoms in total. The number of aliphatic hydroxyl groups is 7. The molecule has 0 heterocycles. The summed E-state index contributed by atoms with van der Waals surface area (Å²) in [5.74, 6) is -5.02. The Hall–Kier alpha value is -1.87. The Morgan fingerprint density at radius 3 is 1.16 bits per heavy atom. The summed E-state index contributed by atoms with van der Waals surface area (Å²) in [5, 5.41) is 86.0. The maximum Gasteiger partial charge on any atom is 0.336 e. The van der Waals surface area contributed by atoms with Gasteiger partial charge in [0, 0.05) is 0 Å². The predicted molar refractivity (Wildman–Crippen MR) is 75.3 cm³/mol. The highest BCUT2D eigenvalue weighted by Crippen LogP contribution is 2.15. The molecule has 0 spiro atoms. The highest BCUT2D eigenvalue weighted by Gasteiger charge is 2.40. The number of carboxylic acids is 3. The SMILES string of the molecule is O=C(O)CC(O)(CC(=O)O)C(=O)O.OC[C@@H](O)[C@@H](O)[C@H](O)[C@H](O)CO. The fraction of sp³-hybridized carbons (Fsp3) is 0.750. The van der Waals surface area contributed by atoms with Gasteiger partial charge in [0.05, 0.1) is 26.1 Å². The fourth-order valence-electron chi connectivity index (χ4n) is 1.39. The van der Waals surface area contributed by atoms with Crippen LogP contribution in [0.25, 0.3) is 0 Å². The van der Waals surface area contributed by atoms with E-state index < -0.39 is 74.0 Å². The van der Waals surface area contributed by atoms with Gasteiger partial charge in [-0.15, -0.1) is 0 Å². The molecular weight excluding hydrogens is 352 g/mol. The van der Waals surface area contributed by atoms with Crippen LogP contribution < -0.4 is 0 Å². The molecule has 10 N–H and O–H groups in total. The molecule has 0 aliphatic heterocycles. The Morgan fingerprint density at radius 1 is 0.720 bits per heavy atom. The van der Waals surface area contributed by atoms with E-state index in [4.69, 9.17) is 51.1 Å². The van der Waals surface area contributed by atoms with Gasteiger partial charge in [-0.05, 0) is 0 Å². The third-order valence-corrected chi connectivity index (χ3v) is 2.80. The minimum absolute atomic E-state index is 0.726. The zero-order chi connectivity index (χ0) is 20.4. The average Bonchev–Trinajstić information content (AvgIpc) is 2.50. The zero-order valence-electron chi connectivity index (χ0n) is 12.8. The Balaban J connectivity index is 0. The lowest BCUT2D eigenvalue weighted by atomic mass is 9.96. The van der Waals surface area contributed by atoms with E-state index in [2.05, 4.69) is 0 Å². The molecule has 0 bridgehead atoms. The molecular formula is C12H22O13. The molecule has 0 aliphatic rings. The number of aliphatic hydroxyl groups excluding tert-OH is 6. The monoisotopic (exact) mass is 374 g/mol. The number of carbonyl (C=O) groups is 3. The summed E-state index contributed by atoms with van der Waals surface area (Å²) in [5.41, 5.74) is -2.74. The Kier molecular flexibility index (Phi) is 11.8. The van der Waals surface area contributed by atoms with Crippen LogP contribution in [0, 0.1) is 0 Å². The first kappa shape index (κ1) is 25.4. The van der Waals surface area contributed by atoms with E-state index in [1.54, 1.807) is 0 Å². The lowest BCUT2D eigenvalue weighted by Gasteiger charge is -2.24. The molecule has 0 saturated heterocycles. The minimum atomic E-state index is -2.74. The maximum absolute atomic E-state index is 10.3. The first-order valence-corrected chi connectivity index (χ1v) is 6.65. The molecule has 0 aromatic heterocycles. The molecule has 0 radical (unpaired) electrons. The second kappa shape index (κ2) is 11.6. The molecule has 0 saturated carbocycles. The molecule has 0 unspecified atom stereocenters. The van der Waals surface area contributed by atoms with E-state index in [9.17, 15) is 14.4 Å². The molecule has 0 aliphatic carbocycles. The van der Waals surface area contributed by atoms with Crippen LogP contribution in [0.4, 0.5) is 0 Å². The fourth-order valence-corrected chi connectivity index (χ4v) is 1.39. The van der Waals surface area contributed by atoms with Crippen LogP contribution in [0.15, 0.2) is 0 Å². The van der Waals surface area contributed by atoms with Crippen LogP contribution in [-0.2, 0) is 14.4 Å². The van der Waals surface area contributed by atoms with Crippen molar-refractivity contribution in [2.45, 2.75) is 42.9 Å². The van der Waals surface area contributed by atoms with Crippen molar-refractivity contribution >= 4 is 17.9 Å². The summed E-state index contributed by atoms with van der Waals surface area (Å²) >= 11 is 0. The summed E-state index contributed by atoms with van der Waals surface area (Å²) in [6, 6.07) is 0. The van der Waals surface area contributed by atoms with Crippen LogP contribution in [0.1, 0.15) is 12.8 Å². The van der Waals surface area contributed by atoms with Crippen LogP contribution in [0.2, 0.25) is 0 Å². The molecule has 0 aromatic carbocycles. The van der Waals surface area contributed by atoms with Gasteiger partial charge in [0.25, 0.3) is 0 Å². The van der Waals surface area contributed by atoms with Crippen LogP contribution in [0.3, 0.4) is 0 Å². The van der Waals surface area contributed by atoms with Gasteiger partial charge < -0.3 is 51.1 Å². The summed E-state index contributed by atoms with van der Waals surface area (Å²) in [4.78, 5) is 30.5. The van der Waals surface area contributed by atoms with Crippen molar-refractivity contribution in [3.8, 4) is 0 Å². The van der Waals surface area contributed by atoms with Gasteiger partial charge in [-0.3, -0.25) is 9.59 Å². The third-order valence-electron chi connectivity index (χ3n) is 2.80. The van der Waals surface area contributed by atoms with E-state index in [0.29, 0.717) is 0 Å². The van der Waals surface area contributed by atoms with Gasteiger partial charge in [0.1, 0.15) is 24.4 Å². The zero-order valence-corrected chi connectivity index (χ0v) is 12.8. The van der Waals surface area contributed by atoms with E-state index in [1.165, 1.54) is 0 Å². The highest BCUT2D eigenvalue weighted by atomic mass is 16.4. The number of hydrogen-bond donors (Lipinski definition) is 10. The number of hydrogen-bond acceptors (Lipinski definition) is 10. The van der Waals surface area contributed by atoms with Gasteiger partial charge in [-0.1, -0.05) is 0 Å². The van der Waals surface area contributed by atoms with E-state index >= 15 is 0 Å². The Morgan fingerprint density at radius 2 is 1.00 bits per heavy atom. The van der Waals surface area contributed by atoms with Gasteiger partial charge >= 0.3 is 17.9 Å². The van der Waals surface area contributed by atoms with E-state index in [1.807, 2.05) is 0 Å². The van der Waals surface area contributed by atoms with E-state index in [-0.39, 0.29) is 0 Å². The smallest absolute Gasteiger partial charge is 0.336 e. The van der Waals surface area contributed by atoms with Crippen molar-refractivity contribution < 1.29 is 65.4 Å².